The molecule has 2 aromatic heterocycles. The van der Waals surface area contributed by atoms with Crippen LogP contribution in [0, 0.1) is 5.92 Å². The first-order chi connectivity index (χ1) is 16.5. The molecule has 0 radical (unpaired) electrons. The quantitative estimate of drug-likeness (QED) is 0.462. The molecule has 0 fully saturated rings. The highest BCUT2D eigenvalue weighted by Gasteiger charge is 2.31. The van der Waals surface area contributed by atoms with E-state index in [4.69, 9.17) is 9.47 Å². The zero-order chi connectivity index (χ0) is 25.5. The lowest BCUT2D eigenvalue weighted by molar-refractivity contribution is -0.142. The van der Waals surface area contributed by atoms with Gasteiger partial charge in [-0.3, -0.25) is 9.48 Å². The third-order valence-corrected chi connectivity index (χ3v) is 6.12. The molecular formula is C25H26F3N3O4. The SMILES string of the molecule is CCOC(=O)c1cn2c(cc1=O)-c1cc(OC)c(-c3cnn(CC(F)(F)F)c3)cc1CC2C(C)C. The van der Waals surface area contributed by atoms with Gasteiger partial charge in [0.1, 0.15) is 17.9 Å². The molecule has 1 unspecified atom stereocenters. The largest absolute Gasteiger partial charge is 0.496 e. The number of pyridine rings is 1. The minimum absolute atomic E-state index is 0.0228. The Morgan fingerprint density at radius 3 is 2.57 bits per heavy atom. The predicted molar refractivity (Wildman–Crippen MR) is 124 cm³/mol. The number of fused-ring (bicyclic) bond motifs is 3. The van der Waals surface area contributed by atoms with Crippen molar-refractivity contribution in [1.29, 1.82) is 0 Å². The Morgan fingerprint density at radius 2 is 1.94 bits per heavy atom. The Hall–Kier alpha value is -3.56. The third kappa shape index (κ3) is 4.82. The summed E-state index contributed by atoms with van der Waals surface area (Å²) < 4.78 is 51.8. The Bertz CT molecular complexity index is 1320. The van der Waals surface area contributed by atoms with Gasteiger partial charge in [0.15, 0.2) is 5.43 Å². The first kappa shape index (κ1) is 24.6. The van der Waals surface area contributed by atoms with Gasteiger partial charge in [-0.05, 0) is 37.0 Å². The predicted octanol–water partition coefficient (Wildman–Crippen LogP) is 4.88. The fraction of sp³-hybridized carbons (Fsp3) is 0.400. The molecule has 10 heteroatoms. The van der Waals surface area contributed by atoms with Gasteiger partial charge < -0.3 is 14.0 Å². The number of hydrogen-bond donors (Lipinski definition) is 0. The Morgan fingerprint density at radius 1 is 1.20 bits per heavy atom. The van der Waals surface area contributed by atoms with Gasteiger partial charge in [0.2, 0.25) is 0 Å². The maximum atomic E-state index is 12.8. The molecule has 1 atom stereocenters. The number of carbonyl (C=O) groups excluding carboxylic acids is 1. The van der Waals surface area contributed by atoms with E-state index in [-0.39, 0.29) is 24.1 Å². The molecule has 0 spiro atoms. The molecule has 0 bridgehead atoms. The average Bonchev–Trinajstić information content (AvgIpc) is 3.23. The number of benzene rings is 1. The Kier molecular flexibility index (Phi) is 6.48. The van der Waals surface area contributed by atoms with Crippen LogP contribution in [0.4, 0.5) is 13.2 Å². The molecule has 7 nitrogen and oxygen atoms in total. The maximum Gasteiger partial charge on any atom is 0.408 e. The number of rotatable bonds is 6. The minimum Gasteiger partial charge on any atom is -0.496 e. The first-order valence-corrected chi connectivity index (χ1v) is 11.3. The van der Waals surface area contributed by atoms with Crippen LogP contribution < -0.4 is 10.2 Å². The monoisotopic (exact) mass is 489 g/mol. The molecule has 0 N–H and O–H groups in total. The second kappa shape index (κ2) is 9.24. The summed E-state index contributed by atoms with van der Waals surface area (Å²) in [6, 6.07) is 5.03. The molecule has 3 heterocycles. The molecule has 4 rings (SSSR count). The Balaban J connectivity index is 1.85. The number of alkyl halides is 3. The summed E-state index contributed by atoms with van der Waals surface area (Å²) in [5.41, 5.74) is 2.97. The van der Waals surface area contributed by atoms with Crippen molar-refractivity contribution in [3.05, 3.63) is 58.1 Å². The van der Waals surface area contributed by atoms with Crippen molar-refractivity contribution in [2.75, 3.05) is 13.7 Å². The summed E-state index contributed by atoms with van der Waals surface area (Å²) in [6.45, 7) is 4.75. The molecule has 0 saturated carbocycles. The molecule has 186 valence electrons. The third-order valence-electron chi connectivity index (χ3n) is 6.12. The zero-order valence-corrected chi connectivity index (χ0v) is 19.8. The van der Waals surface area contributed by atoms with Crippen LogP contribution in [0.5, 0.6) is 5.75 Å². The second-order valence-electron chi connectivity index (χ2n) is 8.83. The van der Waals surface area contributed by atoms with Gasteiger partial charge in [0.05, 0.1) is 25.6 Å². The van der Waals surface area contributed by atoms with E-state index in [1.54, 1.807) is 19.2 Å². The van der Waals surface area contributed by atoms with Crippen LogP contribution in [0.25, 0.3) is 22.4 Å². The van der Waals surface area contributed by atoms with Crippen molar-refractivity contribution < 1.29 is 27.4 Å². The number of carbonyl (C=O) groups is 1. The highest BCUT2D eigenvalue weighted by Crippen LogP contribution is 2.43. The summed E-state index contributed by atoms with van der Waals surface area (Å²) in [5.74, 6) is -0.0591. The van der Waals surface area contributed by atoms with Gasteiger partial charge in [-0.2, -0.15) is 18.3 Å². The fourth-order valence-electron chi connectivity index (χ4n) is 4.48. The van der Waals surface area contributed by atoms with E-state index < -0.39 is 24.1 Å². The lowest BCUT2D eigenvalue weighted by atomic mass is 9.85. The van der Waals surface area contributed by atoms with Gasteiger partial charge in [0, 0.05) is 41.2 Å². The van der Waals surface area contributed by atoms with Crippen molar-refractivity contribution in [2.24, 2.45) is 5.92 Å². The highest BCUT2D eigenvalue weighted by atomic mass is 19.4. The normalized spacial score (nSPS) is 15.0. The number of hydrogen-bond acceptors (Lipinski definition) is 5. The topological polar surface area (TPSA) is 75.3 Å². The Labute approximate surface area is 200 Å². The molecule has 0 saturated heterocycles. The first-order valence-electron chi connectivity index (χ1n) is 11.3. The summed E-state index contributed by atoms with van der Waals surface area (Å²) in [4.78, 5) is 25.1. The van der Waals surface area contributed by atoms with Crippen LogP contribution in [0.1, 0.15) is 42.7 Å². The van der Waals surface area contributed by atoms with Crippen LogP contribution in [0.3, 0.4) is 0 Å². The average molecular weight is 489 g/mol. The number of halogens is 3. The summed E-state index contributed by atoms with van der Waals surface area (Å²) >= 11 is 0. The van der Waals surface area contributed by atoms with E-state index in [1.165, 1.54) is 25.6 Å². The van der Waals surface area contributed by atoms with E-state index in [1.807, 2.05) is 24.5 Å². The zero-order valence-electron chi connectivity index (χ0n) is 19.8. The van der Waals surface area contributed by atoms with Gasteiger partial charge in [-0.25, -0.2) is 4.79 Å². The highest BCUT2D eigenvalue weighted by molar-refractivity contribution is 5.89. The second-order valence-corrected chi connectivity index (χ2v) is 8.83. The van der Waals surface area contributed by atoms with Crippen molar-refractivity contribution >= 4 is 5.97 Å². The number of esters is 1. The van der Waals surface area contributed by atoms with Gasteiger partial charge in [-0.15, -0.1) is 0 Å². The molecule has 0 amide bonds. The molecular weight excluding hydrogens is 463 g/mol. The van der Waals surface area contributed by atoms with Crippen LogP contribution in [0.15, 0.2) is 41.6 Å². The lowest BCUT2D eigenvalue weighted by Crippen LogP contribution is -2.28. The summed E-state index contributed by atoms with van der Waals surface area (Å²) in [5, 5.41) is 3.85. The van der Waals surface area contributed by atoms with E-state index >= 15 is 0 Å². The lowest BCUT2D eigenvalue weighted by Gasteiger charge is -2.34. The van der Waals surface area contributed by atoms with E-state index in [0.717, 1.165) is 15.8 Å². The fourth-order valence-corrected chi connectivity index (χ4v) is 4.48. The van der Waals surface area contributed by atoms with Crippen LogP contribution in [0.2, 0.25) is 0 Å². The van der Waals surface area contributed by atoms with Crippen molar-refractivity contribution in [3.63, 3.8) is 0 Å². The van der Waals surface area contributed by atoms with Gasteiger partial charge in [0.25, 0.3) is 0 Å². The molecule has 1 aromatic carbocycles. The van der Waals surface area contributed by atoms with Gasteiger partial charge in [-0.1, -0.05) is 13.8 Å². The molecule has 0 aliphatic carbocycles. The van der Waals surface area contributed by atoms with E-state index in [9.17, 15) is 22.8 Å². The number of methoxy groups -OCH3 is 1. The van der Waals surface area contributed by atoms with Crippen LogP contribution in [-0.4, -0.2) is 40.2 Å². The van der Waals surface area contributed by atoms with Crippen molar-refractivity contribution in [1.82, 2.24) is 14.3 Å². The van der Waals surface area contributed by atoms with Gasteiger partial charge >= 0.3 is 12.1 Å². The standard InChI is InChI=1S/C25H26F3N3O4/c1-5-35-24(33)19-12-31-20(14(2)3)7-15-6-18(16-10-29-30(11-16)13-25(26,27)28)23(34-4)8-17(15)21(31)9-22(19)32/h6,8-12,14,20H,5,7,13H2,1-4H3. The number of aromatic nitrogens is 3. The molecule has 3 aromatic rings. The van der Waals surface area contributed by atoms with E-state index in [2.05, 4.69) is 5.10 Å². The van der Waals surface area contributed by atoms with Crippen molar-refractivity contribution in [3.8, 4) is 28.1 Å². The maximum absolute atomic E-state index is 12.8. The van der Waals surface area contributed by atoms with Crippen LogP contribution in [-0.2, 0) is 17.7 Å². The molecule has 1 aliphatic rings. The number of ether oxygens (including phenoxy) is 2. The summed E-state index contributed by atoms with van der Waals surface area (Å²) in [6.07, 6.45) is 0.490. The van der Waals surface area contributed by atoms with Crippen molar-refractivity contribution in [2.45, 2.75) is 46.0 Å². The van der Waals surface area contributed by atoms with E-state index in [0.29, 0.717) is 29.0 Å². The molecule has 35 heavy (non-hydrogen) atoms. The van der Waals surface area contributed by atoms with Crippen LogP contribution >= 0.6 is 0 Å². The molecule has 1 aliphatic heterocycles. The summed E-state index contributed by atoms with van der Waals surface area (Å²) in [7, 11) is 1.47. The minimum atomic E-state index is -4.38. The smallest absolute Gasteiger partial charge is 0.408 e. The number of nitrogens with zero attached hydrogens (tertiary/aromatic N) is 3.